The summed E-state index contributed by atoms with van der Waals surface area (Å²) in [7, 11) is 0. The van der Waals surface area contributed by atoms with E-state index in [4.69, 9.17) is 11.6 Å². The van der Waals surface area contributed by atoms with Crippen molar-refractivity contribution in [3.05, 3.63) is 35.4 Å². The van der Waals surface area contributed by atoms with E-state index in [1.807, 2.05) is 0 Å². The van der Waals surface area contributed by atoms with Crippen LogP contribution < -0.4 is 0 Å². The van der Waals surface area contributed by atoms with Gasteiger partial charge < -0.3 is 4.90 Å². The molecule has 0 spiro atoms. The summed E-state index contributed by atoms with van der Waals surface area (Å²) in [5.74, 6) is 0. The Kier molecular flexibility index (Phi) is 8.16. The van der Waals surface area contributed by atoms with Gasteiger partial charge in [0.1, 0.15) is 0 Å². The van der Waals surface area contributed by atoms with E-state index in [1.165, 1.54) is 49.9 Å². The van der Waals surface area contributed by atoms with Crippen LogP contribution in [-0.2, 0) is 0 Å². The second-order valence-electron chi connectivity index (χ2n) is 5.39. The first-order valence-corrected chi connectivity index (χ1v) is 8.04. The van der Waals surface area contributed by atoms with Gasteiger partial charge in [-0.15, -0.1) is 11.6 Å². The maximum absolute atomic E-state index is 6.57. The summed E-state index contributed by atoms with van der Waals surface area (Å²) in [5, 5.41) is 0.106. The summed E-state index contributed by atoms with van der Waals surface area (Å²) >= 11 is 6.57. The molecule has 0 aliphatic rings. The molecule has 1 aromatic carbocycles. The number of halogens is 1. The molecule has 1 nitrogen and oxygen atoms in total. The van der Waals surface area contributed by atoms with E-state index >= 15 is 0 Å². The summed E-state index contributed by atoms with van der Waals surface area (Å²) in [6.45, 7) is 9.91. The third-order valence-electron chi connectivity index (χ3n) is 3.51. The Hall–Kier alpha value is -0.530. The summed E-state index contributed by atoms with van der Waals surface area (Å²) in [4.78, 5) is 2.52. The van der Waals surface area contributed by atoms with E-state index in [0.29, 0.717) is 0 Å². The van der Waals surface area contributed by atoms with E-state index in [-0.39, 0.29) is 5.38 Å². The normalized spacial score (nSPS) is 12.9. The molecular weight excluding hydrogens is 254 g/mol. The lowest BCUT2D eigenvalue weighted by atomic mass is 10.1. The second-order valence-corrected chi connectivity index (χ2v) is 5.91. The topological polar surface area (TPSA) is 3.24 Å². The van der Waals surface area contributed by atoms with Gasteiger partial charge in [-0.2, -0.15) is 0 Å². The molecular formula is C17H28ClN. The Bertz CT molecular complexity index is 326. The molecule has 0 radical (unpaired) electrons. The molecule has 0 saturated carbocycles. The lowest BCUT2D eigenvalue weighted by molar-refractivity contribution is 0.265. The quantitative estimate of drug-likeness (QED) is 0.564. The molecule has 0 heterocycles. The lowest BCUT2D eigenvalue weighted by Gasteiger charge is -2.24. The third kappa shape index (κ3) is 6.44. The van der Waals surface area contributed by atoms with Crippen molar-refractivity contribution in [1.82, 2.24) is 4.90 Å². The molecule has 1 unspecified atom stereocenters. The van der Waals surface area contributed by atoms with Crippen LogP contribution >= 0.6 is 11.6 Å². The maximum Gasteiger partial charge on any atom is 0.0712 e. The van der Waals surface area contributed by atoms with Crippen molar-refractivity contribution in [2.45, 2.75) is 51.8 Å². The van der Waals surface area contributed by atoms with Crippen LogP contribution in [0.2, 0.25) is 0 Å². The van der Waals surface area contributed by atoms with Gasteiger partial charge in [-0.3, -0.25) is 0 Å². The van der Waals surface area contributed by atoms with E-state index in [0.717, 1.165) is 6.54 Å². The number of alkyl halides is 1. The summed E-state index contributed by atoms with van der Waals surface area (Å²) < 4.78 is 0. The largest absolute Gasteiger partial charge is 0.302 e. The molecule has 108 valence electrons. The molecule has 0 bridgehead atoms. The Morgan fingerprint density at radius 3 is 2.00 bits per heavy atom. The van der Waals surface area contributed by atoms with Gasteiger partial charge in [-0.25, -0.2) is 0 Å². The minimum atomic E-state index is 0.106. The highest BCUT2D eigenvalue weighted by Crippen LogP contribution is 2.22. The first-order valence-electron chi connectivity index (χ1n) is 7.60. The number of nitrogens with zero attached hydrogens (tertiary/aromatic N) is 1. The van der Waals surface area contributed by atoms with Gasteiger partial charge in [0.05, 0.1) is 5.38 Å². The Labute approximate surface area is 124 Å². The predicted octanol–water partition coefficient (Wildman–Crippen LogP) is 5.18. The molecule has 1 atom stereocenters. The van der Waals surface area contributed by atoms with Crippen molar-refractivity contribution in [2.24, 2.45) is 0 Å². The smallest absolute Gasteiger partial charge is 0.0712 e. The molecule has 19 heavy (non-hydrogen) atoms. The zero-order valence-electron chi connectivity index (χ0n) is 12.7. The molecule has 2 heteroatoms. The molecule has 0 aromatic heterocycles. The first-order chi connectivity index (χ1) is 9.17. The summed E-state index contributed by atoms with van der Waals surface area (Å²) in [6.07, 6.45) is 5.03. The fourth-order valence-corrected chi connectivity index (χ4v) is 2.51. The van der Waals surface area contributed by atoms with Crippen molar-refractivity contribution in [2.75, 3.05) is 19.6 Å². The van der Waals surface area contributed by atoms with Gasteiger partial charge in [0.2, 0.25) is 0 Å². The highest BCUT2D eigenvalue weighted by molar-refractivity contribution is 6.21. The van der Waals surface area contributed by atoms with E-state index < -0.39 is 0 Å². The fraction of sp³-hybridized carbons (Fsp3) is 0.647. The van der Waals surface area contributed by atoms with Crippen LogP contribution in [-0.4, -0.2) is 24.5 Å². The SMILES string of the molecule is CCCCN(CCCC)CC(Cl)c1ccc(C)cc1. The van der Waals surface area contributed by atoms with Crippen LogP contribution in [0, 0.1) is 6.92 Å². The van der Waals surface area contributed by atoms with Gasteiger partial charge in [0.15, 0.2) is 0 Å². The molecule has 0 aliphatic carbocycles. The van der Waals surface area contributed by atoms with Crippen LogP contribution in [0.25, 0.3) is 0 Å². The first kappa shape index (κ1) is 16.5. The van der Waals surface area contributed by atoms with E-state index in [2.05, 4.69) is 49.9 Å². The Balaban J connectivity index is 2.53. The van der Waals surface area contributed by atoms with Gasteiger partial charge in [-0.1, -0.05) is 56.5 Å². The molecule has 0 aliphatic heterocycles. The second kappa shape index (κ2) is 9.39. The fourth-order valence-electron chi connectivity index (χ4n) is 2.17. The molecule has 0 N–H and O–H groups in total. The lowest BCUT2D eigenvalue weighted by Crippen LogP contribution is -2.29. The number of hydrogen-bond acceptors (Lipinski definition) is 1. The van der Waals surface area contributed by atoms with Crippen LogP contribution in [0.5, 0.6) is 0 Å². The van der Waals surface area contributed by atoms with Gasteiger partial charge >= 0.3 is 0 Å². The van der Waals surface area contributed by atoms with Gasteiger partial charge in [-0.05, 0) is 38.4 Å². The van der Waals surface area contributed by atoms with Crippen LogP contribution in [0.1, 0.15) is 56.0 Å². The third-order valence-corrected chi connectivity index (χ3v) is 3.90. The highest BCUT2D eigenvalue weighted by Gasteiger charge is 2.13. The highest BCUT2D eigenvalue weighted by atomic mass is 35.5. The van der Waals surface area contributed by atoms with Gasteiger partial charge in [0.25, 0.3) is 0 Å². The molecule has 1 aromatic rings. The zero-order valence-corrected chi connectivity index (χ0v) is 13.4. The summed E-state index contributed by atoms with van der Waals surface area (Å²) in [6, 6.07) is 8.61. The van der Waals surface area contributed by atoms with E-state index in [1.54, 1.807) is 0 Å². The van der Waals surface area contributed by atoms with Crippen LogP contribution in [0.15, 0.2) is 24.3 Å². The number of unbranched alkanes of at least 4 members (excludes halogenated alkanes) is 2. The minimum Gasteiger partial charge on any atom is -0.302 e. The van der Waals surface area contributed by atoms with Gasteiger partial charge in [0, 0.05) is 6.54 Å². The number of aryl methyl sites for hydroxylation is 1. The van der Waals surface area contributed by atoms with Crippen LogP contribution in [0.4, 0.5) is 0 Å². The van der Waals surface area contributed by atoms with Crippen LogP contribution in [0.3, 0.4) is 0 Å². The zero-order chi connectivity index (χ0) is 14.1. The van der Waals surface area contributed by atoms with Crippen molar-refractivity contribution < 1.29 is 0 Å². The van der Waals surface area contributed by atoms with Crippen molar-refractivity contribution in [3.63, 3.8) is 0 Å². The van der Waals surface area contributed by atoms with E-state index in [9.17, 15) is 0 Å². The minimum absolute atomic E-state index is 0.106. The number of rotatable bonds is 9. The Morgan fingerprint density at radius 2 is 1.53 bits per heavy atom. The summed E-state index contributed by atoms with van der Waals surface area (Å²) in [5.41, 5.74) is 2.53. The maximum atomic E-state index is 6.57. The van der Waals surface area contributed by atoms with Crippen molar-refractivity contribution >= 4 is 11.6 Å². The Morgan fingerprint density at radius 1 is 1.00 bits per heavy atom. The number of hydrogen-bond donors (Lipinski definition) is 0. The standard InChI is InChI=1S/C17H28ClN/c1-4-6-12-19(13-7-5-2)14-17(18)16-10-8-15(3)9-11-16/h8-11,17H,4-7,12-14H2,1-3H3. The average Bonchev–Trinajstić information content (AvgIpc) is 2.42. The predicted molar refractivity (Wildman–Crippen MR) is 86.0 cm³/mol. The molecule has 0 saturated heterocycles. The monoisotopic (exact) mass is 281 g/mol. The molecule has 0 fully saturated rings. The van der Waals surface area contributed by atoms with Crippen molar-refractivity contribution in [1.29, 1.82) is 0 Å². The molecule has 1 rings (SSSR count). The molecule has 0 amide bonds. The number of benzene rings is 1. The average molecular weight is 282 g/mol. The van der Waals surface area contributed by atoms with Crippen molar-refractivity contribution in [3.8, 4) is 0 Å².